The molecule has 0 radical (unpaired) electrons. The third kappa shape index (κ3) is 1.99. The van der Waals surface area contributed by atoms with Crippen LogP contribution in [-0.4, -0.2) is 27.0 Å². The summed E-state index contributed by atoms with van der Waals surface area (Å²) >= 11 is 0. The second-order valence-electron chi connectivity index (χ2n) is 4.92. The monoisotopic (exact) mass is 223 g/mol. The molecule has 0 aliphatic heterocycles. The molecule has 1 heterocycles. The largest absolute Gasteiger partial charge is 0.393 e. The van der Waals surface area contributed by atoms with Gasteiger partial charge in [-0.3, -0.25) is 4.68 Å². The molecule has 0 amide bonds. The fourth-order valence-electron chi connectivity index (χ4n) is 2.58. The Bertz CT molecular complexity index is 380. The first-order valence-corrected chi connectivity index (χ1v) is 5.93. The minimum atomic E-state index is -0.0965. The molecule has 4 nitrogen and oxygen atoms in total. The van der Waals surface area contributed by atoms with Gasteiger partial charge < -0.3 is 10.4 Å². The van der Waals surface area contributed by atoms with Crippen molar-refractivity contribution in [3.8, 4) is 0 Å². The molecule has 1 saturated carbocycles. The molecule has 0 saturated heterocycles. The van der Waals surface area contributed by atoms with Crippen LogP contribution in [0.25, 0.3) is 0 Å². The van der Waals surface area contributed by atoms with Crippen molar-refractivity contribution < 1.29 is 5.11 Å². The topological polar surface area (TPSA) is 50.1 Å². The highest BCUT2D eigenvalue weighted by atomic mass is 16.3. The number of aliphatic hydroxyl groups is 1. The van der Waals surface area contributed by atoms with Crippen molar-refractivity contribution in [2.45, 2.75) is 51.8 Å². The zero-order valence-corrected chi connectivity index (χ0v) is 10.5. The highest BCUT2D eigenvalue weighted by molar-refractivity contribution is 5.27. The summed E-state index contributed by atoms with van der Waals surface area (Å²) in [6, 6.07) is 0.773. The minimum Gasteiger partial charge on any atom is -0.393 e. The summed E-state index contributed by atoms with van der Waals surface area (Å²) in [5.41, 5.74) is 3.61. The van der Waals surface area contributed by atoms with Crippen LogP contribution in [0, 0.1) is 13.8 Å². The fraction of sp³-hybridized carbons (Fsp3) is 0.750. The van der Waals surface area contributed by atoms with Crippen LogP contribution in [0.3, 0.4) is 0 Å². The molecule has 16 heavy (non-hydrogen) atoms. The average Bonchev–Trinajstić information content (AvgIpc) is 2.38. The van der Waals surface area contributed by atoms with E-state index in [0.717, 1.165) is 18.5 Å². The van der Waals surface area contributed by atoms with Gasteiger partial charge in [0.2, 0.25) is 0 Å². The maximum atomic E-state index is 9.26. The molecule has 4 heteroatoms. The lowest BCUT2D eigenvalue weighted by atomic mass is 9.88. The second-order valence-corrected chi connectivity index (χ2v) is 4.92. The van der Waals surface area contributed by atoms with Gasteiger partial charge in [-0.2, -0.15) is 5.10 Å². The van der Waals surface area contributed by atoms with Crippen molar-refractivity contribution in [2.75, 3.05) is 0 Å². The van der Waals surface area contributed by atoms with E-state index in [0.29, 0.717) is 12.1 Å². The van der Waals surface area contributed by atoms with Crippen molar-refractivity contribution in [2.24, 2.45) is 7.05 Å². The number of hydrogen-bond donors (Lipinski definition) is 2. The fourth-order valence-corrected chi connectivity index (χ4v) is 2.58. The van der Waals surface area contributed by atoms with Crippen LogP contribution >= 0.6 is 0 Å². The van der Waals surface area contributed by atoms with Gasteiger partial charge >= 0.3 is 0 Å². The van der Waals surface area contributed by atoms with Crippen LogP contribution in [0.1, 0.15) is 42.8 Å². The van der Waals surface area contributed by atoms with Gasteiger partial charge in [-0.15, -0.1) is 0 Å². The molecule has 1 aliphatic carbocycles. The Balaban J connectivity index is 2.05. The number of nitrogens with zero attached hydrogens (tertiary/aromatic N) is 2. The Morgan fingerprint density at radius 1 is 1.44 bits per heavy atom. The highest BCUT2D eigenvalue weighted by Crippen LogP contribution is 2.26. The van der Waals surface area contributed by atoms with E-state index in [4.69, 9.17) is 0 Å². The van der Waals surface area contributed by atoms with Crippen molar-refractivity contribution in [3.63, 3.8) is 0 Å². The van der Waals surface area contributed by atoms with Crippen molar-refractivity contribution >= 4 is 0 Å². The lowest BCUT2D eigenvalue weighted by Gasteiger charge is -2.34. The Morgan fingerprint density at radius 3 is 2.50 bits per heavy atom. The smallest absolute Gasteiger partial charge is 0.0644 e. The Labute approximate surface area is 96.7 Å². The number of aliphatic hydroxyl groups excluding tert-OH is 1. The molecule has 0 bridgehead atoms. The lowest BCUT2D eigenvalue weighted by Crippen LogP contribution is -2.45. The summed E-state index contributed by atoms with van der Waals surface area (Å²) in [7, 11) is 1.98. The van der Waals surface area contributed by atoms with E-state index in [1.165, 1.54) is 11.3 Å². The van der Waals surface area contributed by atoms with Gasteiger partial charge in [-0.05, 0) is 33.6 Å². The van der Waals surface area contributed by atoms with Gasteiger partial charge in [0.15, 0.2) is 0 Å². The number of aryl methyl sites for hydroxylation is 2. The van der Waals surface area contributed by atoms with Crippen LogP contribution in [0.2, 0.25) is 0 Å². The van der Waals surface area contributed by atoms with E-state index in [1.807, 2.05) is 11.7 Å². The number of hydrogen-bond acceptors (Lipinski definition) is 3. The standard InChI is InChI=1S/C12H21N3O/c1-7(13-10-5-11(16)6-10)12-8(2)14-15(4)9(12)3/h7,10-11,13,16H,5-6H2,1-4H3. The van der Waals surface area contributed by atoms with Crippen LogP contribution in [0.4, 0.5) is 0 Å². The maximum absolute atomic E-state index is 9.26. The summed E-state index contributed by atoms with van der Waals surface area (Å²) in [5.74, 6) is 0. The van der Waals surface area contributed by atoms with Gasteiger partial charge in [-0.25, -0.2) is 0 Å². The zero-order chi connectivity index (χ0) is 11.9. The van der Waals surface area contributed by atoms with Crippen molar-refractivity contribution in [1.29, 1.82) is 0 Å². The quantitative estimate of drug-likeness (QED) is 0.810. The maximum Gasteiger partial charge on any atom is 0.0644 e. The summed E-state index contributed by atoms with van der Waals surface area (Å²) in [4.78, 5) is 0. The van der Waals surface area contributed by atoms with Gasteiger partial charge in [0.1, 0.15) is 0 Å². The molecule has 2 N–H and O–H groups in total. The number of nitrogens with one attached hydrogen (secondary N) is 1. The molecular weight excluding hydrogens is 202 g/mol. The van der Waals surface area contributed by atoms with Gasteiger partial charge in [0.05, 0.1) is 11.8 Å². The van der Waals surface area contributed by atoms with Crippen molar-refractivity contribution in [3.05, 3.63) is 17.0 Å². The minimum absolute atomic E-state index is 0.0965. The Morgan fingerprint density at radius 2 is 2.06 bits per heavy atom. The molecule has 1 unspecified atom stereocenters. The first kappa shape index (κ1) is 11.6. The second kappa shape index (κ2) is 4.18. The Kier molecular flexibility index (Phi) is 3.04. The summed E-state index contributed by atoms with van der Waals surface area (Å²) in [6.45, 7) is 6.32. The molecular formula is C12H21N3O. The molecule has 0 aromatic carbocycles. The predicted octanol–water partition coefficient (Wildman–Crippen LogP) is 1.21. The lowest BCUT2D eigenvalue weighted by molar-refractivity contribution is 0.0585. The number of aromatic nitrogens is 2. The summed E-state index contributed by atoms with van der Waals surface area (Å²) in [5, 5.41) is 17.2. The van der Waals surface area contributed by atoms with Gasteiger partial charge in [0.25, 0.3) is 0 Å². The molecule has 1 aromatic heterocycles. The zero-order valence-electron chi connectivity index (χ0n) is 10.5. The first-order valence-electron chi connectivity index (χ1n) is 5.93. The van der Waals surface area contributed by atoms with Crippen LogP contribution < -0.4 is 5.32 Å². The number of rotatable bonds is 3. The third-order valence-corrected chi connectivity index (χ3v) is 3.60. The van der Waals surface area contributed by atoms with E-state index in [1.54, 1.807) is 0 Å². The molecule has 90 valence electrons. The van der Waals surface area contributed by atoms with E-state index in [-0.39, 0.29) is 6.10 Å². The molecule has 1 aromatic rings. The average molecular weight is 223 g/mol. The highest BCUT2D eigenvalue weighted by Gasteiger charge is 2.29. The van der Waals surface area contributed by atoms with Gasteiger partial charge in [-0.1, -0.05) is 0 Å². The molecule has 1 aliphatic rings. The van der Waals surface area contributed by atoms with E-state index in [9.17, 15) is 5.11 Å². The van der Waals surface area contributed by atoms with Crippen molar-refractivity contribution in [1.82, 2.24) is 15.1 Å². The van der Waals surface area contributed by atoms with E-state index >= 15 is 0 Å². The molecule has 1 fully saturated rings. The van der Waals surface area contributed by atoms with Gasteiger partial charge in [0, 0.05) is 30.4 Å². The summed E-state index contributed by atoms with van der Waals surface area (Å²) < 4.78 is 1.93. The molecule has 0 spiro atoms. The SMILES string of the molecule is Cc1nn(C)c(C)c1C(C)NC1CC(O)C1. The molecule has 2 rings (SSSR count). The Hall–Kier alpha value is -0.870. The summed E-state index contributed by atoms with van der Waals surface area (Å²) in [6.07, 6.45) is 1.66. The van der Waals surface area contributed by atoms with Crippen LogP contribution in [-0.2, 0) is 7.05 Å². The van der Waals surface area contributed by atoms with E-state index < -0.39 is 0 Å². The first-order chi connectivity index (χ1) is 7.49. The van der Waals surface area contributed by atoms with Crippen LogP contribution in [0.15, 0.2) is 0 Å². The third-order valence-electron chi connectivity index (χ3n) is 3.60. The van der Waals surface area contributed by atoms with Crippen LogP contribution in [0.5, 0.6) is 0 Å². The normalized spacial score (nSPS) is 26.6. The van der Waals surface area contributed by atoms with E-state index in [2.05, 4.69) is 31.2 Å². The molecule has 1 atom stereocenters. The predicted molar refractivity (Wildman–Crippen MR) is 63.3 cm³/mol.